The van der Waals surface area contributed by atoms with Crippen LogP contribution in [-0.2, 0) is 22.7 Å². The monoisotopic (exact) mass is 315 g/mol. The van der Waals surface area contributed by atoms with E-state index in [1.54, 1.807) is 0 Å². The van der Waals surface area contributed by atoms with E-state index in [-0.39, 0.29) is 17.9 Å². The second-order valence-corrected chi connectivity index (χ2v) is 6.54. The molecule has 0 unspecified atom stereocenters. The van der Waals surface area contributed by atoms with Crippen molar-refractivity contribution in [2.45, 2.75) is 44.8 Å². The van der Waals surface area contributed by atoms with E-state index >= 15 is 0 Å². The SMILES string of the molecule is CN1CCC[C@H]1C(=O)NCc1ccccc1CN1CCCC1=O. The lowest BCUT2D eigenvalue weighted by atomic mass is 10.1. The first-order valence-corrected chi connectivity index (χ1v) is 8.47. The number of nitrogens with one attached hydrogen (secondary N) is 1. The fraction of sp³-hybridized carbons (Fsp3) is 0.556. The normalized spacial score (nSPS) is 21.9. The van der Waals surface area contributed by atoms with Crippen LogP contribution < -0.4 is 5.32 Å². The van der Waals surface area contributed by atoms with Crippen molar-refractivity contribution in [3.8, 4) is 0 Å². The summed E-state index contributed by atoms with van der Waals surface area (Å²) < 4.78 is 0. The summed E-state index contributed by atoms with van der Waals surface area (Å²) in [6.45, 7) is 3.01. The first-order chi connectivity index (χ1) is 11.1. The fourth-order valence-corrected chi connectivity index (χ4v) is 3.50. The number of likely N-dealkylation sites (tertiary alicyclic amines) is 2. The molecule has 1 atom stereocenters. The van der Waals surface area contributed by atoms with Crippen molar-refractivity contribution in [2.75, 3.05) is 20.1 Å². The van der Waals surface area contributed by atoms with Crippen LogP contribution >= 0.6 is 0 Å². The van der Waals surface area contributed by atoms with Crippen molar-refractivity contribution in [3.63, 3.8) is 0 Å². The molecule has 2 fully saturated rings. The van der Waals surface area contributed by atoms with Gasteiger partial charge in [0, 0.05) is 26.1 Å². The van der Waals surface area contributed by atoms with Crippen molar-refractivity contribution in [2.24, 2.45) is 0 Å². The number of likely N-dealkylation sites (N-methyl/N-ethyl adjacent to an activating group) is 1. The largest absolute Gasteiger partial charge is 0.351 e. The molecule has 2 aliphatic rings. The van der Waals surface area contributed by atoms with E-state index in [0.717, 1.165) is 43.5 Å². The van der Waals surface area contributed by atoms with Gasteiger partial charge in [0.05, 0.1) is 6.04 Å². The Morgan fingerprint density at radius 3 is 2.65 bits per heavy atom. The molecule has 0 aromatic heterocycles. The third-order valence-electron chi connectivity index (χ3n) is 4.93. The van der Waals surface area contributed by atoms with E-state index in [4.69, 9.17) is 0 Å². The summed E-state index contributed by atoms with van der Waals surface area (Å²) in [7, 11) is 2.00. The standard InChI is InChI=1S/C18H25N3O2/c1-20-10-4-8-16(20)18(23)19-12-14-6-2-3-7-15(14)13-21-11-5-9-17(21)22/h2-3,6-7,16H,4-5,8-13H2,1H3,(H,19,23)/t16-/m0/s1. The molecule has 0 saturated carbocycles. The Hall–Kier alpha value is -1.88. The van der Waals surface area contributed by atoms with Gasteiger partial charge in [-0.05, 0) is 44.0 Å². The number of amides is 2. The quantitative estimate of drug-likeness (QED) is 0.896. The smallest absolute Gasteiger partial charge is 0.237 e. The maximum Gasteiger partial charge on any atom is 0.237 e. The van der Waals surface area contributed by atoms with Crippen molar-refractivity contribution in [3.05, 3.63) is 35.4 Å². The molecule has 0 bridgehead atoms. The van der Waals surface area contributed by atoms with E-state index < -0.39 is 0 Å². The fourth-order valence-electron chi connectivity index (χ4n) is 3.50. The number of rotatable bonds is 5. The number of hydrogen-bond donors (Lipinski definition) is 1. The highest BCUT2D eigenvalue weighted by Crippen LogP contribution is 2.18. The minimum Gasteiger partial charge on any atom is -0.351 e. The molecular formula is C18H25N3O2. The van der Waals surface area contributed by atoms with Crippen LogP contribution in [0.25, 0.3) is 0 Å². The molecule has 2 heterocycles. The van der Waals surface area contributed by atoms with Gasteiger partial charge in [0.2, 0.25) is 11.8 Å². The van der Waals surface area contributed by atoms with Gasteiger partial charge in [-0.2, -0.15) is 0 Å². The third kappa shape index (κ3) is 3.72. The predicted octanol–water partition coefficient (Wildman–Crippen LogP) is 1.52. The highest BCUT2D eigenvalue weighted by atomic mass is 16.2. The molecule has 2 saturated heterocycles. The summed E-state index contributed by atoms with van der Waals surface area (Å²) in [6, 6.07) is 8.07. The second kappa shape index (κ2) is 7.13. The summed E-state index contributed by atoms with van der Waals surface area (Å²) in [4.78, 5) is 28.2. The average molecular weight is 315 g/mol. The van der Waals surface area contributed by atoms with Crippen molar-refractivity contribution in [1.82, 2.24) is 15.1 Å². The number of hydrogen-bond acceptors (Lipinski definition) is 3. The Kier molecular flexibility index (Phi) is 4.96. The zero-order valence-electron chi connectivity index (χ0n) is 13.8. The van der Waals surface area contributed by atoms with E-state index in [1.165, 1.54) is 0 Å². The molecular weight excluding hydrogens is 290 g/mol. The van der Waals surface area contributed by atoms with Gasteiger partial charge in [-0.25, -0.2) is 0 Å². The molecule has 23 heavy (non-hydrogen) atoms. The van der Waals surface area contributed by atoms with Crippen LogP contribution in [0.3, 0.4) is 0 Å². The van der Waals surface area contributed by atoms with E-state index in [9.17, 15) is 9.59 Å². The van der Waals surface area contributed by atoms with Crippen molar-refractivity contribution in [1.29, 1.82) is 0 Å². The molecule has 3 rings (SSSR count). The van der Waals surface area contributed by atoms with Gasteiger partial charge in [-0.15, -0.1) is 0 Å². The molecule has 0 spiro atoms. The zero-order chi connectivity index (χ0) is 16.2. The van der Waals surface area contributed by atoms with Crippen LogP contribution in [-0.4, -0.2) is 47.8 Å². The molecule has 5 heteroatoms. The second-order valence-electron chi connectivity index (χ2n) is 6.54. The van der Waals surface area contributed by atoms with Crippen LogP contribution in [0.4, 0.5) is 0 Å². The Bertz CT molecular complexity index is 587. The minimum atomic E-state index is 0.00215. The Balaban J connectivity index is 1.61. The zero-order valence-corrected chi connectivity index (χ0v) is 13.8. The topological polar surface area (TPSA) is 52.7 Å². The van der Waals surface area contributed by atoms with E-state index in [2.05, 4.69) is 16.3 Å². The van der Waals surface area contributed by atoms with Gasteiger partial charge in [-0.3, -0.25) is 14.5 Å². The first-order valence-electron chi connectivity index (χ1n) is 8.47. The number of benzene rings is 1. The summed E-state index contributed by atoms with van der Waals surface area (Å²) in [5.74, 6) is 0.341. The highest BCUT2D eigenvalue weighted by molar-refractivity contribution is 5.82. The molecule has 1 aromatic carbocycles. The third-order valence-corrected chi connectivity index (χ3v) is 4.93. The van der Waals surface area contributed by atoms with Gasteiger partial charge in [0.1, 0.15) is 0 Å². The molecule has 1 N–H and O–H groups in total. The Morgan fingerprint density at radius 1 is 1.22 bits per heavy atom. The van der Waals surface area contributed by atoms with E-state index in [1.807, 2.05) is 30.1 Å². The summed E-state index contributed by atoms with van der Waals surface area (Å²) in [5, 5.41) is 3.06. The molecule has 0 radical (unpaired) electrons. The van der Waals surface area contributed by atoms with Gasteiger partial charge >= 0.3 is 0 Å². The maximum atomic E-state index is 12.3. The Morgan fingerprint density at radius 2 is 2.00 bits per heavy atom. The van der Waals surface area contributed by atoms with Gasteiger partial charge in [-0.1, -0.05) is 24.3 Å². The minimum absolute atomic E-state index is 0.00215. The molecule has 0 aliphatic carbocycles. The first kappa shape index (κ1) is 16.0. The van der Waals surface area contributed by atoms with Crippen molar-refractivity contribution < 1.29 is 9.59 Å². The van der Waals surface area contributed by atoms with Crippen LogP contribution in [0, 0.1) is 0 Å². The number of carbonyl (C=O) groups excluding carboxylic acids is 2. The molecule has 2 amide bonds. The van der Waals surface area contributed by atoms with Crippen molar-refractivity contribution >= 4 is 11.8 Å². The lowest BCUT2D eigenvalue weighted by Gasteiger charge is -2.21. The summed E-state index contributed by atoms with van der Waals surface area (Å²) >= 11 is 0. The number of nitrogens with zero attached hydrogens (tertiary/aromatic N) is 2. The predicted molar refractivity (Wildman–Crippen MR) is 88.6 cm³/mol. The molecule has 124 valence electrons. The molecule has 1 aromatic rings. The lowest BCUT2D eigenvalue weighted by Crippen LogP contribution is -2.41. The lowest BCUT2D eigenvalue weighted by molar-refractivity contribution is -0.128. The van der Waals surface area contributed by atoms with Gasteiger partial charge in [0.25, 0.3) is 0 Å². The van der Waals surface area contributed by atoms with Crippen LogP contribution in [0.5, 0.6) is 0 Å². The maximum absolute atomic E-state index is 12.3. The molecule has 5 nitrogen and oxygen atoms in total. The van der Waals surface area contributed by atoms with Gasteiger partial charge in [0.15, 0.2) is 0 Å². The van der Waals surface area contributed by atoms with Crippen LogP contribution in [0.1, 0.15) is 36.8 Å². The van der Waals surface area contributed by atoms with Crippen LogP contribution in [0.2, 0.25) is 0 Å². The highest BCUT2D eigenvalue weighted by Gasteiger charge is 2.27. The summed E-state index contributed by atoms with van der Waals surface area (Å²) in [5.41, 5.74) is 2.23. The number of carbonyl (C=O) groups is 2. The van der Waals surface area contributed by atoms with Crippen LogP contribution in [0.15, 0.2) is 24.3 Å². The Labute approximate surface area is 137 Å². The molecule has 2 aliphatic heterocycles. The van der Waals surface area contributed by atoms with Gasteiger partial charge < -0.3 is 10.2 Å². The average Bonchev–Trinajstić information content (AvgIpc) is 3.15. The van der Waals surface area contributed by atoms with E-state index in [0.29, 0.717) is 19.5 Å². The summed E-state index contributed by atoms with van der Waals surface area (Å²) in [6.07, 6.45) is 3.63.